The molecule has 1 unspecified atom stereocenters. The molecule has 168 valence electrons. The maximum absolute atomic E-state index is 6.36. The van der Waals surface area contributed by atoms with Gasteiger partial charge in [0, 0.05) is 51.4 Å². The van der Waals surface area contributed by atoms with Gasteiger partial charge in [0.25, 0.3) is 0 Å². The number of nitrogens with zero attached hydrogens (tertiary/aromatic N) is 4. The van der Waals surface area contributed by atoms with Crippen LogP contribution in [-0.4, -0.2) is 48.6 Å². The fourth-order valence-corrected chi connectivity index (χ4v) is 4.11. The van der Waals surface area contributed by atoms with Gasteiger partial charge in [0.2, 0.25) is 0 Å². The molecule has 0 fully saturated rings. The fourth-order valence-electron chi connectivity index (χ4n) is 4.11. The van der Waals surface area contributed by atoms with E-state index in [2.05, 4.69) is 80.7 Å². The van der Waals surface area contributed by atoms with Gasteiger partial charge in [0.1, 0.15) is 23.5 Å². The van der Waals surface area contributed by atoms with Crippen molar-refractivity contribution in [3.8, 4) is 5.75 Å². The van der Waals surface area contributed by atoms with Crippen molar-refractivity contribution in [1.29, 1.82) is 0 Å². The molecule has 0 radical (unpaired) electrons. The average Bonchev–Trinajstić information content (AvgIpc) is 2.97. The lowest BCUT2D eigenvalue weighted by Crippen LogP contribution is -2.29. The van der Waals surface area contributed by atoms with Gasteiger partial charge in [-0.05, 0) is 43.8 Å². The van der Waals surface area contributed by atoms with E-state index in [0.29, 0.717) is 0 Å². The first-order chi connectivity index (χ1) is 15.6. The van der Waals surface area contributed by atoms with Gasteiger partial charge in [0.05, 0.1) is 0 Å². The largest absolute Gasteiger partial charge is 0.486 e. The molecule has 0 saturated carbocycles. The van der Waals surface area contributed by atoms with E-state index in [9.17, 15) is 0 Å². The quantitative estimate of drug-likeness (QED) is 0.583. The van der Waals surface area contributed by atoms with Crippen LogP contribution in [0.5, 0.6) is 5.75 Å². The summed E-state index contributed by atoms with van der Waals surface area (Å²) in [4.78, 5) is 13.7. The number of nitrogens with one attached hydrogen (secondary N) is 1. The Balaban J connectivity index is 1.41. The molecule has 0 aliphatic carbocycles. The summed E-state index contributed by atoms with van der Waals surface area (Å²) in [6.07, 6.45) is 2.93. The number of hydrogen-bond acceptors (Lipinski definition) is 6. The van der Waals surface area contributed by atoms with E-state index in [-0.39, 0.29) is 6.10 Å². The molecule has 4 rings (SSSR count). The van der Waals surface area contributed by atoms with Crippen molar-refractivity contribution in [1.82, 2.24) is 20.2 Å². The van der Waals surface area contributed by atoms with Crippen LogP contribution < -0.4 is 15.0 Å². The maximum Gasteiger partial charge on any atom is 0.136 e. The Kier molecular flexibility index (Phi) is 7.35. The second-order valence-electron chi connectivity index (χ2n) is 8.45. The van der Waals surface area contributed by atoms with Gasteiger partial charge in [-0.15, -0.1) is 0 Å². The standard InChI is InChI=1S/C26H33N5O/c1-20-28-17-23-19-31(16-15-30(3)26(23)29-20)18-21-9-11-24(12-10-21)32-25(13-14-27-2)22-7-5-4-6-8-22/h4-12,17,25,27H,13-16,18-19H2,1-3H3. The third kappa shape index (κ3) is 5.64. The predicted molar refractivity (Wildman–Crippen MR) is 129 cm³/mol. The first kappa shape index (κ1) is 22.2. The van der Waals surface area contributed by atoms with Gasteiger partial charge >= 0.3 is 0 Å². The zero-order valence-electron chi connectivity index (χ0n) is 19.3. The lowest BCUT2D eigenvalue weighted by atomic mass is 10.1. The number of likely N-dealkylation sites (N-methyl/N-ethyl adjacent to an activating group) is 1. The van der Waals surface area contributed by atoms with E-state index in [1.807, 2.05) is 26.2 Å². The molecule has 0 spiro atoms. The van der Waals surface area contributed by atoms with E-state index in [0.717, 1.165) is 56.5 Å². The SMILES string of the molecule is CNCCC(Oc1ccc(CN2CCN(C)c3nc(C)ncc3C2)cc1)c1ccccc1. The van der Waals surface area contributed by atoms with Crippen LogP contribution in [-0.2, 0) is 13.1 Å². The molecule has 1 aliphatic heterocycles. The first-order valence-electron chi connectivity index (χ1n) is 11.3. The molecule has 2 heterocycles. The van der Waals surface area contributed by atoms with Crippen LogP contribution >= 0.6 is 0 Å². The van der Waals surface area contributed by atoms with Crippen LogP contribution in [0.3, 0.4) is 0 Å². The van der Waals surface area contributed by atoms with Gasteiger partial charge in [-0.1, -0.05) is 42.5 Å². The summed E-state index contributed by atoms with van der Waals surface area (Å²) in [5.41, 5.74) is 3.67. The minimum atomic E-state index is 0.0376. The molecular weight excluding hydrogens is 398 g/mol. The lowest BCUT2D eigenvalue weighted by molar-refractivity contribution is 0.195. The van der Waals surface area contributed by atoms with Crippen molar-refractivity contribution in [2.75, 3.05) is 38.6 Å². The molecule has 1 aromatic heterocycles. The highest BCUT2D eigenvalue weighted by atomic mass is 16.5. The number of rotatable bonds is 8. The summed E-state index contributed by atoms with van der Waals surface area (Å²) in [6, 6.07) is 19.0. The summed E-state index contributed by atoms with van der Waals surface area (Å²) in [6.45, 7) is 6.55. The van der Waals surface area contributed by atoms with Crippen LogP contribution in [0.1, 0.15) is 35.0 Å². The van der Waals surface area contributed by atoms with Crippen LogP contribution in [0.15, 0.2) is 60.8 Å². The molecule has 32 heavy (non-hydrogen) atoms. The monoisotopic (exact) mass is 431 g/mol. The Morgan fingerprint density at radius 1 is 1.06 bits per heavy atom. The Morgan fingerprint density at radius 3 is 2.59 bits per heavy atom. The van der Waals surface area contributed by atoms with Gasteiger partial charge in [0.15, 0.2) is 0 Å². The average molecular weight is 432 g/mol. The van der Waals surface area contributed by atoms with Crippen LogP contribution in [0.2, 0.25) is 0 Å². The molecule has 1 N–H and O–H groups in total. The Hall–Kier alpha value is -2.96. The first-order valence-corrected chi connectivity index (χ1v) is 11.3. The van der Waals surface area contributed by atoms with Crippen molar-refractivity contribution < 1.29 is 4.74 Å². The molecule has 6 heteroatoms. The topological polar surface area (TPSA) is 53.5 Å². The molecular formula is C26H33N5O. The number of anilines is 1. The van der Waals surface area contributed by atoms with E-state index in [1.54, 1.807) is 0 Å². The molecule has 0 amide bonds. The minimum absolute atomic E-state index is 0.0376. The summed E-state index contributed by atoms with van der Waals surface area (Å²) in [7, 11) is 4.08. The molecule has 6 nitrogen and oxygen atoms in total. The zero-order chi connectivity index (χ0) is 22.3. The van der Waals surface area contributed by atoms with Crippen LogP contribution in [0.25, 0.3) is 0 Å². The van der Waals surface area contributed by atoms with Crippen molar-refractivity contribution in [3.05, 3.63) is 83.3 Å². The second-order valence-corrected chi connectivity index (χ2v) is 8.45. The summed E-state index contributed by atoms with van der Waals surface area (Å²) in [5.74, 6) is 2.78. The lowest BCUT2D eigenvalue weighted by Gasteiger charge is -2.22. The van der Waals surface area contributed by atoms with Crippen molar-refractivity contribution in [3.63, 3.8) is 0 Å². The van der Waals surface area contributed by atoms with Crippen molar-refractivity contribution >= 4 is 5.82 Å². The van der Waals surface area contributed by atoms with Gasteiger partial charge in [-0.3, -0.25) is 4.90 Å². The fraction of sp³-hybridized carbons (Fsp3) is 0.385. The van der Waals surface area contributed by atoms with Crippen molar-refractivity contribution in [2.45, 2.75) is 32.5 Å². The summed E-state index contributed by atoms with van der Waals surface area (Å²) in [5, 5.41) is 3.23. The number of ether oxygens (including phenoxy) is 1. The molecule has 3 aromatic rings. The second kappa shape index (κ2) is 10.6. The Labute approximate surface area is 191 Å². The number of aromatic nitrogens is 2. The van der Waals surface area contributed by atoms with E-state index < -0.39 is 0 Å². The number of hydrogen-bond donors (Lipinski definition) is 1. The van der Waals surface area contributed by atoms with Gasteiger partial charge < -0.3 is 15.0 Å². The minimum Gasteiger partial charge on any atom is -0.486 e. The molecule has 0 saturated heterocycles. The Morgan fingerprint density at radius 2 is 1.84 bits per heavy atom. The third-order valence-electron chi connectivity index (χ3n) is 5.91. The zero-order valence-corrected chi connectivity index (χ0v) is 19.3. The van der Waals surface area contributed by atoms with E-state index in [4.69, 9.17) is 4.74 Å². The van der Waals surface area contributed by atoms with Crippen LogP contribution in [0, 0.1) is 6.92 Å². The van der Waals surface area contributed by atoms with Gasteiger partial charge in [-0.25, -0.2) is 9.97 Å². The maximum atomic E-state index is 6.36. The molecule has 1 aliphatic rings. The number of fused-ring (bicyclic) bond motifs is 1. The molecule has 0 bridgehead atoms. The van der Waals surface area contributed by atoms with Gasteiger partial charge in [-0.2, -0.15) is 0 Å². The van der Waals surface area contributed by atoms with Crippen molar-refractivity contribution in [2.24, 2.45) is 0 Å². The number of benzene rings is 2. The highest BCUT2D eigenvalue weighted by molar-refractivity contribution is 5.46. The highest BCUT2D eigenvalue weighted by Gasteiger charge is 2.20. The summed E-state index contributed by atoms with van der Waals surface area (Å²) >= 11 is 0. The van der Waals surface area contributed by atoms with E-state index >= 15 is 0 Å². The van der Waals surface area contributed by atoms with E-state index in [1.165, 1.54) is 16.7 Å². The smallest absolute Gasteiger partial charge is 0.136 e. The summed E-state index contributed by atoms with van der Waals surface area (Å²) < 4.78 is 6.36. The van der Waals surface area contributed by atoms with Crippen LogP contribution in [0.4, 0.5) is 5.82 Å². The Bertz CT molecular complexity index is 993. The third-order valence-corrected chi connectivity index (χ3v) is 5.91. The highest BCUT2D eigenvalue weighted by Crippen LogP contribution is 2.26. The number of aryl methyl sites for hydroxylation is 1. The molecule has 1 atom stereocenters. The normalized spacial score (nSPS) is 15.2. The predicted octanol–water partition coefficient (Wildman–Crippen LogP) is 3.97. The molecule has 2 aromatic carbocycles.